The van der Waals surface area contributed by atoms with Crippen molar-refractivity contribution < 1.29 is 42.8 Å². The van der Waals surface area contributed by atoms with Gasteiger partial charge in [-0.2, -0.15) is 0 Å². The van der Waals surface area contributed by atoms with E-state index in [2.05, 4.69) is 58.4 Å². The number of ether oxygens (including phenoxy) is 3. The molecule has 11 heteroatoms. The van der Waals surface area contributed by atoms with Crippen molar-refractivity contribution in [2.24, 2.45) is 0 Å². The Morgan fingerprint density at radius 3 is 2.22 bits per heavy atom. The minimum atomic E-state index is -4.72. The van der Waals surface area contributed by atoms with E-state index in [9.17, 15) is 9.67 Å². The van der Waals surface area contributed by atoms with Crippen molar-refractivity contribution in [2.45, 2.75) is 83.1 Å². The van der Waals surface area contributed by atoms with Crippen LogP contribution in [0.2, 0.25) is 0 Å². The van der Waals surface area contributed by atoms with E-state index in [4.69, 9.17) is 24.0 Å². The molecular weight excluding hydrogens is 655 g/mol. The Hall–Kier alpha value is -3.76. The summed E-state index contributed by atoms with van der Waals surface area (Å²) in [4.78, 5) is 18.3. The number of nitrogens with one attached hydrogen (secondary N) is 1. The predicted molar refractivity (Wildman–Crippen MR) is 191 cm³/mol. The number of nitrogens with zero attached hydrogens (tertiary/aromatic N) is 1. The molecule has 1 unspecified atom stereocenters. The van der Waals surface area contributed by atoms with Crippen molar-refractivity contribution in [1.82, 2.24) is 5.32 Å². The molecule has 4 N–H and O–H groups in total. The van der Waals surface area contributed by atoms with E-state index < -0.39 is 20.7 Å². The van der Waals surface area contributed by atoms with E-state index in [0.29, 0.717) is 24.4 Å². The Bertz CT molecular complexity index is 1720. The van der Waals surface area contributed by atoms with Crippen LogP contribution in [0.4, 0.5) is 0 Å². The number of phosphoric ester groups is 1. The van der Waals surface area contributed by atoms with Gasteiger partial charge >= 0.3 is 7.82 Å². The Balaban J connectivity index is 1.35. The lowest BCUT2D eigenvalue weighted by atomic mass is 9.86. The van der Waals surface area contributed by atoms with E-state index in [-0.39, 0.29) is 17.6 Å². The van der Waals surface area contributed by atoms with Crippen LogP contribution in [0.25, 0.3) is 0 Å². The summed E-state index contributed by atoms with van der Waals surface area (Å²) < 4.78 is 35.6. The molecule has 1 aliphatic rings. The third-order valence-corrected chi connectivity index (χ3v) is 9.32. The topological polar surface area (TPSA) is 131 Å². The second kappa shape index (κ2) is 17.0. The van der Waals surface area contributed by atoms with Gasteiger partial charge in [-0.3, -0.25) is 0 Å². The molecule has 50 heavy (non-hydrogen) atoms. The summed E-state index contributed by atoms with van der Waals surface area (Å²) in [6.07, 6.45) is 8.70. The Kier molecular flexibility index (Phi) is 12.7. The largest absolute Gasteiger partial charge is 0.493 e. The van der Waals surface area contributed by atoms with Gasteiger partial charge in [-0.25, -0.2) is 13.7 Å². The second-order valence-corrected chi connectivity index (χ2v) is 15.1. The lowest BCUT2D eigenvalue weighted by molar-refractivity contribution is -0.688. The number of hydrogen-bond donors (Lipinski definition) is 4. The fourth-order valence-electron chi connectivity index (χ4n) is 6.19. The number of aliphatic hydroxyl groups excluding tert-OH is 1. The maximum absolute atomic E-state index is 11.3. The molecule has 1 fully saturated rings. The lowest BCUT2D eigenvalue weighted by Gasteiger charge is -2.23. The van der Waals surface area contributed by atoms with Crippen LogP contribution in [0.3, 0.4) is 0 Å². The number of aromatic nitrogens is 1. The molecule has 4 aromatic rings. The highest BCUT2D eigenvalue weighted by atomic mass is 31.2. The number of aliphatic hydroxyl groups is 1. The van der Waals surface area contributed by atoms with Crippen LogP contribution in [0.5, 0.6) is 17.2 Å². The number of β-amino-alcohol motifs (C(OH)–C–C–N with tert-alkyl or cyclic N) is 1. The van der Waals surface area contributed by atoms with Crippen LogP contribution in [0, 0.1) is 0 Å². The van der Waals surface area contributed by atoms with Crippen LogP contribution in [0.1, 0.15) is 86.3 Å². The quantitative estimate of drug-likeness (QED) is 0.0579. The number of methoxy groups -OCH3 is 1. The van der Waals surface area contributed by atoms with Gasteiger partial charge in [-0.1, -0.05) is 42.5 Å². The van der Waals surface area contributed by atoms with Crippen molar-refractivity contribution >= 4 is 7.82 Å². The first-order valence-electron chi connectivity index (χ1n) is 17.1. The SMILES string of the molecule is COc1ccc([C@H](Cc2cc[n+](Cc3ccc(C(O)CNC(C)(C)C)cc3OCOP(=O)(O)O)cc2)c2ccccc2)cc1OC1CCCC1. The highest BCUT2D eigenvalue weighted by molar-refractivity contribution is 7.46. The van der Waals surface area contributed by atoms with E-state index in [1.807, 2.05) is 62.0 Å². The summed E-state index contributed by atoms with van der Waals surface area (Å²) in [5.41, 5.74) is 4.70. The molecule has 268 valence electrons. The molecule has 0 spiro atoms. The molecule has 1 saturated carbocycles. The fraction of sp³-hybridized carbons (Fsp3) is 0.410. The van der Waals surface area contributed by atoms with Crippen molar-refractivity contribution in [3.8, 4) is 17.2 Å². The van der Waals surface area contributed by atoms with Crippen LogP contribution >= 0.6 is 7.82 Å². The van der Waals surface area contributed by atoms with Gasteiger partial charge in [0.2, 0.25) is 0 Å². The first-order chi connectivity index (χ1) is 23.9. The molecule has 0 saturated heterocycles. The highest BCUT2D eigenvalue weighted by Crippen LogP contribution is 2.38. The lowest BCUT2D eigenvalue weighted by Crippen LogP contribution is -2.38. The van der Waals surface area contributed by atoms with Crippen LogP contribution < -0.4 is 24.1 Å². The molecule has 10 nitrogen and oxygen atoms in total. The summed E-state index contributed by atoms with van der Waals surface area (Å²) in [6, 6.07) is 26.3. The van der Waals surface area contributed by atoms with E-state index >= 15 is 0 Å². The van der Waals surface area contributed by atoms with Gasteiger partial charge in [0.1, 0.15) is 5.75 Å². The van der Waals surface area contributed by atoms with Gasteiger partial charge in [0, 0.05) is 30.1 Å². The zero-order valence-corrected chi connectivity index (χ0v) is 30.2. The fourth-order valence-corrected chi connectivity index (χ4v) is 6.38. The highest BCUT2D eigenvalue weighted by Gasteiger charge is 2.23. The Labute approximate surface area is 295 Å². The number of pyridine rings is 1. The molecule has 0 bridgehead atoms. The first-order valence-corrected chi connectivity index (χ1v) is 18.7. The molecule has 0 amide bonds. The van der Waals surface area contributed by atoms with Gasteiger partial charge in [0.15, 0.2) is 37.2 Å². The van der Waals surface area contributed by atoms with Crippen LogP contribution in [-0.4, -0.2) is 47.0 Å². The first kappa shape index (κ1) is 37.5. The van der Waals surface area contributed by atoms with E-state index in [0.717, 1.165) is 47.5 Å². The average molecular weight is 706 g/mol. The second-order valence-electron chi connectivity index (χ2n) is 13.9. The smallest absolute Gasteiger partial charge is 0.472 e. The van der Waals surface area contributed by atoms with Gasteiger partial charge < -0.3 is 34.4 Å². The Morgan fingerprint density at radius 2 is 1.56 bits per heavy atom. The summed E-state index contributed by atoms with van der Waals surface area (Å²) in [5, 5.41) is 14.1. The van der Waals surface area contributed by atoms with Gasteiger partial charge in [-0.15, -0.1) is 0 Å². The molecule has 5 rings (SSSR count). The number of benzene rings is 3. The average Bonchev–Trinajstić information content (AvgIpc) is 3.60. The molecule has 0 aliphatic heterocycles. The molecular formula is C39H50N2O8P+. The molecule has 3 aromatic carbocycles. The Morgan fingerprint density at radius 1 is 0.880 bits per heavy atom. The molecule has 1 aromatic heterocycles. The predicted octanol–water partition coefficient (Wildman–Crippen LogP) is 6.59. The third-order valence-electron chi connectivity index (χ3n) is 8.88. The summed E-state index contributed by atoms with van der Waals surface area (Å²) in [5.74, 6) is 1.98. The summed E-state index contributed by atoms with van der Waals surface area (Å²) in [7, 11) is -3.04. The maximum atomic E-state index is 11.3. The normalized spacial score (nSPS) is 15.1. The van der Waals surface area contributed by atoms with Crippen molar-refractivity contribution in [2.75, 3.05) is 20.4 Å². The maximum Gasteiger partial charge on any atom is 0.472 e. The van der Waals surface area contributed by atoms with Gasteiger partial charge in [-0.05, 0) is 99.4 Å². The minimum Gasteiger partial charge on any atom is -0.493 e. The zero-order valence-electron chi connectivity index (χ0n) is 29.3. The minimum absolute atomic E-state index is 0.0876. The van der Waals surface area contributed by atoms with E-state index in [1.54, 1.807) is 13.2 Å². The van der Waals surface area contributed by atoms with E-state index in [1.165, 1.54) is 18.4 Å². The summed E-state index contributed by atoms with van der Waals surface area (Å²) >= 11 is 0. The van der Waals surface area contributed by atoms with Crippen LogP contribution in [0.15, 0.2) is 91.3 Å². The molecule has 0 radical (unpaired) electrons. The number of phosphoric acid groups is 1. The van der Waals surface area contributed by atoms with Gasteiger partial charge in [0.05, 0.1) is 24.9 Å². The number of hydrogen-bond acceptors (Lipinski definition) is 7. The van der Waals surface area contributed by atoms with Gasteiger partial charge in [0.25, 0.3) is 0 Å². The standard InChI is InChI=1S/C39H49N2O8P/c1-39(2,3)40-25-35(42)31-14-15-32(37(24-31)47-27-48-50(43,44)45)26-41-20-18-28(19-21-41)22-34(29-10-6-5-7-11-29)30-16-17-36(46-4)38(23-30)49-33-12-8-9-13-33/h5-7,10-11,14-21,23-24,33-35,40,42H,8-9,12-13,22,25-27H2,1-4H3,(H-,43,44,45)/p+1/t34-,35?/m1/s1. The zero-order chi connectivity index (χ0) is 35.7. The number of rotatable bonds is 16. The third kappa shape index (κ3) is 11.1. The van der Waals surface area contributed by atoms with Crippen molar-refractivity contribution in [3.05, 3.63) is 119 Å². The monoisotopic (exact) mass is 705 g/mol. The molecule has 2 atom stereocenters. The van der Waals surface area contributed by atoms with Crippen LogP contribution in [-0.2, 0) is 22.1 Å². The summed E-state index contributed by atoms with van der Waals surface area (Å²) in [6.45, 7) is 6.16. The van der Waals surface area contributed by atoms with Crippen molar-refractivity contribution in [3.63, 3.8) is 0 Å². The molecule has 1 heterocycles. The van der Waals surface area contributed by atoms with Crippen molar-refractivity contribution in [1.29, 1.82) is 0 Å². The molecule has 1 aliphatic carbocycles.